The summed E-state index contributed by atoms with van der Waals surface area (Å²) >= 11 is 1.22. The summed E-state index contributed by atoms with van der Waals surface area (Å²) in [6.45, 7) is 1.20. The highest BCUT2D eigenvalue weighted by molar-refractivity contribution is 7.91. The quantitative estimate of drug-likeness (QED) is 0.854. The molecule has 7 heteroatoms. The first-order valence-corrected chi connectivity index (χ1v) is 11.3. The summed E-state index contributed by atoms with van der Waals surface area (Å²) in [5.74, 6) is 0.197. The molecule has 4 rings (SSSR count). The van der Waals surface area contributed by atoms with Crippen molar-refractivity contribution in [2.24, 2.45) is 0 Å². The number of likely N-dealkylation sites (tertiary alicyclic amines) is 1. The molecule has 0 radical (unpaired) electrons. The zero-order valence-corrected chi connectivity index (χ0v) is 16.1. The van der Waals surface area contributed by atoms with Crippen molar-refractivity contribution in [3.05, 3.63) is 53.4 Å². The first kappa shape index (κ1) is 17.7. The predicted octanol–water partition coefficient (Wildman–Crippen LogP) is 2.75. The molecule has 1 saturated carbocycles. The molecule has 1 aliphatic heterocycles. The number of nitrogens with one attached hydrogen (secondary N) is 1. The number of benzene rings is 1. The van der Waals surface area contributed by atoms with E-state index in [2.05, 4.69) is 4.72 Å². The zero-order chi connectivity index (χ0) is 18.2. The number of hydrogen-bond acceptors (Lipinski definition) is 4. The van der Waals surface area contributed by atoms with Gasteiger partial charge in [-0.2, -0.15) is 0 Å². The maximum atomic E-state index is 13.1. The van der Waals surface area contributed by atoms with E-state index in [1.807, 2.05) is 35.2 Å². The van der Waals surface area contributed by atoms with E-state index in [1.165, 1.54) is 11.3 Å². The van der Waals surface area contributed by atoms with E-state index in [4.69, 9.17) is 0 Å². The van der Waals surface area contributed by atoms with Crippen LogP contribution < -0.4 is 4.72 Å². The summed E-state index contributed by atoms with van der Waals surface area (Å²) in [7, 11) is -3.45. The maximum absolute atomic E-state index is 13.1. The largest absolute Gasteiger partial charge is 0.342 e. The van der Waals surface area contributed by atoms with Crippen LogP contribution in [0.15, 0.2) is 52.1 Å². The van der Waals surface area contributed by atoms with Crippen LogP contribution in [-0.4, -0.2) is 38.4 Å². The molecule has 0 unspecified atom stereocenters. The fourth-order valence-corrected chi connectivity index (χ4v) is 6.02. The molecule has 2 heterocycles. The summed E-state index contributed by atoms with van der Waals surface area (Å²) in [5, 5.41) is 1.76. The van der Waals surface area contributed by atoms with Crippen molar-refractivity contribution in [3.8, 4) is 0 Å². The monoisotopic (exact) mass is 390 g/mol. The Kier molecular flexibility index (Phi) is 4.62. The fourth-order valence-electron chi connectivity index (χ4n) is 3.71. The van der Waals surface area contributed by atoms with E-state index in [-0.39, 0.29) is 17.4 Å². The number of carbonyl (C=O) groups is 1. The lowest BCUT2D eigenvalue weighted by Gasteiger charge is -2.34. The van der Waals surface area contributed by atoms with Crippen LogP contribution in [0.5, 0.6) is 0 Å². The molecule has 0 atom stereocenters. The maximum Gasteiger partial charge on any atom is 0.250 e. The summed E-state index contributed by atoms with van der Waals surface area (Å²) in [5.41, 5.74) is 0.760. The van der Waals surface area contributed by atoms with Crippen molar-refractivity contribution in [1.29, 1.82) is 0 Å². The van der Waals surface area contributed by atoms with Gasteiger partial charge in [0.1, 0.15) is 4.21 Å². The van der Waals surface area contributed by atoms with Crippen LogP contribution in [0.3, 0.4) is 0 Å². The third-order valence-corrected chi connectivity index (χ3v) is 8.27. The van der Waals surface area contributed by atoms with Gasteiger partial charge in [-0.05, 0) is 42.7 Å². The number of hydrogen-bond donors (Lipinski definition) is 1. The van der Waals surface area contributed by atoms with E-state index in [0.717, 1.165) is 18.4 Å². The molecule has 1 aromatic heterocycles. The van der Waals surface area contributed by atoms with Crippen molar-refractivity contribution in [1.82, 2.24) is 9.62 Å². The number of thiophene rings is 1. The Hall–Kier alpha value is -1.70. The third kappa shape index (κ3) is 3.31. The predicted molar refractivity (Wildman–Crippen MR) is 102 cm³/mol. The molecule has 1 N–H and O–H groups in total. The van der Waals surface area contributed by atoms with Gasteiger partial charge < -0.3 is 4.90 Å². The van der Waals surface area contributed by atoms with Gasteiger partial charge in [0, 0.05) is 19.1 Å². The van der Waals surface area contributed by atoms with E-state index in [1.54, 1.807) is 17.5 Å². The fraction of sp³-hybridized carbons (Fsp3) is 0.421. The Bertz CT molecular complexity index is 867. The summed E-state index contributed by atoms with van der Waals surface area (Å²) in [6, 6.07) is 13.2. The van der Waals surface area contributed by atoms with Gasteiger partial charge in [-0.15, -0.1) is 11.3 Å². The van der Waals surface area contributed by atoms with Gasteiger partial charge in [-0.25, -0.2) is 13.1 Å². The molecule has 26 heavy (non-hydrogen) atoms. The highest BCUT2D eigenvalue weighted by Crippen LogP contribution is 2.49. The van der Waals surface area contributed by atoms with E-state index >= 15 is 0 Å². The average molecular weight is 391 g/mol. The number of carbonyl (C=O) groups excluding carboxylic acids is 1. The van der Waals surface area contributed by atoms with E-state index in [9.17, 15) is 13.2 Å². The summed E-state index contributed by atoms with van der Waals surface area (Å²) in [4.78, 5) is 15.0. The van der Waals surface area contributed by atoms with Gasteiger partial charge in [0.15, 0.2) is 0 Å². The van der Waals surface area contributed by atoms with E-state index < -0.39 is 10.0 Å². The Morgan fingerprint density at radius 1 is 1.08 bits per heavy atom. The highest BCUT2D eigenvalue weighted by atomic mass is 32.2. The van der Waals surface area contributed by atoms with Crippen LogP contribution in [-0.2, 0) is 20.2 Å². The molecule has 1 saturated heterocycles. The number of amides is 1. The molecule has 1 amide bonds. The van der Waals surface area contributed by atoms with Gasteiger partial charge in [0.2, 0.25) is 15.9 Å². The molecule has 1 aromatic carbocycles. The average Bonchev–Trinajstić information content (AvgIpc) is 3.27. The molecule has 5 nitrogen and oxygen atoms in total. The smallest absolute Gasteiger partial charge is 0.250 e. The zero-order valence-electron chi connectivity index (χ0n) is 14.4. The lowest BCUT2D eigenvalue weighted by Crippen LogP contribution is -2.49. The van der Waals surface area contributed by atoms with Gasteiger partial charge in [-0.3, -0.25) is 4.79 Å². The second kappa shape index (κ2) is 6.79. The molecule has 2 aromatic rings. The number of piperidine rings is 1. The second-order valence-electron chi connectivity index (χ2n) is 7.07. The van der Waals surface area contributed by atoms with Crippen LogP contribution in [0.2, 0.25) is 0 Å². The summed E-state index contributed by atoms with van der Waals surface area (Å²) < 4.78 is 27.8. The van der Waals surface area contributed by atoms with Gasteiger partial charge in [-0.1, -0.05) is 36.4 Å². The topological polar surface area (TPSA) is 66.5 Å². The minimum Gasteiger partial charge on any atom is -0.342 e. The lowest BCUT2D eigenvalue weighted by atomic mass is 9.93. The lowest BCUT2D eigenvalue weighted by molar-refractivity contribution is -0.135. The van der Waals surface area contributed by atoms with Crippen molar-refractivity contribution < 1.29 is 13.2 Å². The number of rotatable bonds is 5. The van der Waals surface area contributed by atoms with Crippen LogP contribution in [0.1, 0.15) is 31.2 Å². The van der Waals surface area contributed by atoms with Crippen molar-refractivity contribution >= 4 is 27.3 Å². The third-order valence-electron chi connectivity index (χ3n) is 5.35. The molecule has 138 valence electrons. The summed E-state index contributed by atoms with van der Waals surface area (Å²) in [6.07, 6.45) is 3.12. The van der Waals surface area contributed by atoms with Gasteiger partial charge >= 0.3 is 0 Å². The van der Waals surface area contributed by atoms with Gasteiger partial charge in [0.25, 0.3) is 0 Å². The molecular formula is C19H22N2O3S2. The standard InChI is InChI=1S/C19H22N2O3S2/c22-18(19(10-11-19)15-5-2-1-3-6-15)21-12-8-16(9-13-21)20-26(23,24)17-7-4-14-25-17/h1-7,14,16,20H,8-13H2. The first-order chi connectivity index (χ1) is 12.5. The normalized spacial score (nSPS) is 20.1. The van der Waals surface area contributed by atoms with Crippen LogP contribution >= 0.6 is 11.3 Å². The van der Waals surface area contributed by atoms with E-state index in [0.29, 0.717) is 30.1 Å². The van der Waals surface area contributed by atoms with Crippen LogP contribution in [0, 0.1) is 0 Å². The second-order valence-corrected chi connectivity index (χ2v) is 9.96. The number of nitrogens with zero attached hydrogens (tertiary/aromatic N) is 1. The Balaban J connectivity index is 1.38. The van der Waals surface area contributed by atoms with Gasteiger partial charge in [0.05, 0.1) is 5.41 Å². The molecular weight excluding hydrogens is 368 g/mol. The Morgan fingerprint density at radius 2 is 1.77 bits per heavy atom. The van der Waals surface area contributed by atoms with Crippen LogP contribution in [0.25, 0.3) is 0 Å². The minimum atomic E-state index is -3.45. The molecule has 0 spiro atoms. The van der Waals surface area contributed by atoms with Crippen molar-refractivity contribution in [2.75, 3.05) is 13.1 Å². The molecule has 1 aliphatic carbocycles. The highest BCUT2D eigenvalue weighted by Gasteiger charge is 2.53. The van der Waals surface area contributed by atoms with Crippen molar-refractivity contribution in [2.45, 2.75) is 41.3 Å². The minimum absolute atomic E-state index is 0.113. The first-order valence-electron chi connectivity index (χ1n) is 8.92. The number of sulfonamides is 1. The molecule has 2 fully saturated rings. The molecule has 0 bridgehead atoms. The van der Waals surface area contributed by atoms with Crippen LogP contribution in [0.4, 0.5) is 0 Å². The van der Waals surface area contributed by atoms with Crippen molar-refractivity contribution in [3.63, 3.8) is 0 Å². The Morgan fingerprint density at radius 3 is 2.35 bits per heavy atom. The Labute approximate surface area is 158 Å². The molecule has 2 aliphatic rings. The SMILES string of the molecule is O=C(N1CCC(NS(=O)(=O)c2cccs2)CC1)C1(c2ccccc2)CC1.